The number of cyclic esters (lactones) is 1. The average molecular weight is 378 g/mol. The Morgan fingerprint density at radius 2 is 2.42 bits per heavy atom. The van der Waals surface area contributed by atoms with Gasteiger partial charge in [-0.15, -0.1) is 0 Å². The predicted octanol–water partition coefficient (Wildman–Crippen LogP) is 2.48. The first-order chi connectivity index (χ1) is 9.05. The van der Waals surface area contributed by atoms with E-state index in [1.54, 1.807) is 0 Å². The van der Waals surface area contributed by atoms with E-state index in [-0.39, 0.29) is 33.3 Å². The van der Waals surface area contributed by atoms with Crippen LogP contribution in [0.1, 0.15) is 39.0 Å². The Bertz CT molecular complexity index is 410. The fraction of sp³-hybridized carbons (Fsp3) is 0.857. The Hall–Kier alpha value is -0.330. The summed E-state index contributed by atoms with van der Waals surface area (Å²) in [4.78, 5) is 23.7. The minimum atomic E-state index is -0.104. The van der Waals surface area contributed by atoms with Crippen LogP contribution in [0.5, 0.6) is 0 Å². The third kappa shape index (κ3) is 2.17. The van der Waals surface area contributed by atoms with Crippen molar-refractivity contribution in [2.75, 3.05) is 6.61 Å². The van der Waals surface area contributed by atoms with Gasteiger partial charge in [0.05, 0.1) is 12.5 Å². The molecule has 3 fully saturated rings. The molecule has 5 unspecified atom stereocenters. The van der Waals surface area contributed by atoms with Gasteiger partial charge in [-0.25, -0.2) is 0 Å². The van der Waals surface area contributed by atoms with E-state index >= 15 is 0 Å². The summed E-state index contributed by atoms with van der Waals surface area (Å²) in [6.07, 6.45) is 4.54. The third-order valence-electron chi connectivity index (χ3n) is 5.00. The van der Waals surface area contributed by atoms with Crippen molar-refractivity contribution < 1.29 is 19.1 Å². The van der Waals surface area contributed by atoms with Gasteiger partial charge in [0.1, 0.15) is 10.0 Å². The summed E-state index contributed by atoms with van der Waals surface area (Å²) in [5.74, 6) is 0.306. The minimum Gasteiger partial charge on any atom is -0.465 e. The van der Waals surface area contributed by atoms with Crippen LogP contribution in [0.4, 0.5) is 0 Å². The molecule has 1 aliphatic heterocycles. The molecule has 3 rings (SSSR count). The van der Waals surface area contributed by atoms with Gasteiger partial charge in [-0.1, -0.05) is 29.5 Å². The first kappa shape index (κ1) is 13.6. The van der Waals surface area contributed by atoms with Gasteiger partial charge in [-0.05, 0) is 38.0 Å². The van der Waals surface area contributed by atoms with E-state index in [0.29, 0.717) is 12.5 Å². The number of hydrogen-bond acceptors (Lipinski definition) is 4. The predicted molar refractivity (Wildman–Crippen MR) is 76.8 cm³/mol. The van der Waals surface area contributed by atoms with Crippen molar-refractivity contribution in [2.24, 2.45) is 17.3 Å². The molecule has 0 aromatic carbocycles. The molecule has 2 aliphatic carbocycles. The minimum absolute atomic E-state index is 0.0189. The second kappa shape index (κ2) is 4.90. The van der Waals surface area contributed by atoms with Crippen LogP contribution in [-0.4, -0.2) is 28.6 Å². The Morgan fingerprint density at radius 3 is 3.16 bits per heavy atom. The fourth-order valence-electron chi connectivity index (χ4n) is 4.11. The van der Waals surface area contributed by atoms with Crippen LogP contribution in [0, 0.1) is 17.3 Å². The summed E-state index contributed by atoms with van der Waals surface area (Å²) in [6.45, 7) is 2.52. The molecule has 106 valence electrons. The number of hydrogen-bond donors (Lipinski definition) is 0. The van der Waals surface area contributed by atoms with Gasteiger partial charge in [0, 0.05) is 5.41 Å². The average Bonchev–Trinajstić information content (AvgIpc) is 2.84. The maximum atomic E-state index is 11.9. The highest BCUT2D eigenvalue weighted by atomic mass is 127. The number of rotatable bonds is 3. The van der Waals surface area contributed by atoms with Crippen LogP contribution >= 0.6 is 22.6 Å². The molecule has 0 amide bonds. The van der Waals surface area contributed by atoms with Gasteiger partial charge in [0.15, 0.2) is 0 Å². The molecule has 0 aromatic heterocycles. The molecular formula is C14H19IO4. The van der Waals surface area contributed by atoms with E-state index in [1.807, 2.05) is 6.92 Å². The van der Waals surface area contributed by atoms with E-state index < -0.39 is 0 Å². The summed E-state index contributed by atoms with van der Waals surface area (Å²) >= 11 is 2.13. The summed E-state index contributed by atoms with van der Waals surface area (Å²) in [5.41, 5.74) is -0.0298. The summed E-state index contributed by atoms with van der Waals surface area (Å²) in [7, 11) is 0. The van der Waals surface area contributed by atoms with Gasteiger partial charge in [0.2, 0.25) is 0 Å². The molecular weight excluding hydrogens is 359 g/mol. The lowest BCUT2D eigenvalue weighted by molar-refractivity contribution is -0.153. The second-order valence-corrected chi connectivity index (χ2v) is 7.62. The van der Waals surface area contributed by atoms with Crippen molar-refractivity contribution in [2.45, 2.75) is 49.1 Å². The second-order valence-electron chi connectivity index (χ2n) is 6.12. The highest BCUT2D eigenvalue weighted by Crippen LogP contribution is 2.59. The number of halogens is 1. The zero-order chi connectivity index (χ0) is 13.6. The monoisotopic (exact) mass is 378 g/mol. The Balaban J connectivity index is 1.69. The van der Waals surface area contributed by atoms with Crippen LogP contribution in [0.3, 0.4) is 0 Å². The van der Waals surface area contributed by atoms with E-state index in [4.69, 9.17) is 9.47 Å². The SMILES string of the molecule is CCC(I)C(=O)OC1CC2CCC3(COC(=O)C23)C1. The molecule has 5 heteroatoms. The van der Waals surface area contributed by atoms with Crippen molar-refractivity contribution in [3.05, 3.63) is 0 Å². The Kier molecular flexibility index (Phi) is 3.52. The smallest absolute Gasteiger partial charge is 0.319 e. The van der Waals surface area contributed by atoms with Gasteiger partial charge in [0.25, 0.3) is 0 Å². The lowest BCUT2D eigenvalue weighted by Gasteiger charge is -2.36. The summed E-state index contributed by atoms with van der Waals surface area (Å²) < 4.78 is 10.9. The largest absolute Gasteiger partial charge is 0.465 e. The molecule has 0 spiro atoms. The molecule has 0 aromatic rings. The first-order valence-corrected chi connectivity index (χ1v) is 8.31. The van der Waals surface area contributed by atoms with E-state index in [2.05, 4.69) is 22.6 Å². The molecule has 0 N–H and O–H groups in total. The zero-order valence-electron chi connectivity index (χ0n) is 11.1. The Morgan fingerprint density at radius 1 is 1.63 bits per heavy atom. The molecule has 19 heavy (non-hydrogen) atoms. The maximum Gasteiger partial charge on any atom is 0.319 e. The van der Waals surface area contributed by atoms with Gasteiger partial charge in [-0.3, -0.25) is 9.59 Å². The first-order valence-electron chi connectivity index (χ1n) is 7.07. The highest BCUT2D eigenvalue weighted by molar-refractivity contribution is 14.1. The summed E-state index contributed by atoms with van der Waals surface area (Å²) in [6, 6.07) is 0. The zero-order valence-corrected chi connectivity index (χ0v) is 13.2. The molecule has 1 heterocycles. The molecule has 2 saturated carbocycles. The normalized spacial score (nSPS) is 41.6. The van der Waals surface area contributed by atoms with Gasteiger partial charge >= 0.3 is 11.9 Å². The lowest BCUT2D eigenvalue weighted by atomic mass is 9.68. The molecule has 3 aliphatic rings. The molecule has 0 radical (unpaired) electrons. The number of ether oxygens (including phenoxy) is 2. The van der Waals surface area contributed by atoms with Crippen molar-refractivity contribution in [3.63, 3.8) is 0 Å². The topological polar surface area (TPSA) is 52.6 Å². The van der Waals surface area contributed by atoms with Crippen molar-refractivity contribution in [3.8, 4) is 0 Å². The Labute approximate surface area is 126 Å². The van der Waals surface area contributed by atoms with E-state index in [0.717, 1.165) is 32.1 Å². The molecule has 5 atom stereocenters. The van der Waals surface area contributed by atoms with Gasteiger partial charge < -0.3 is 9.47 Å². The van der Waals surface area contributed by atoms with Crippen LogP contribution in [-0.2, 0) is 19.1 Å². The molecule has 2 bridgehead atoms. The standard InChI is InChI=1S/C14H19IO4/c1-2-10(15)12(16)19-9-5-8-3-4-14(6-9)7-18-13(17)11(8)14/h8-11H,2-7H2,1H3. The highest BCUT2D eigenvalue weighted by Gasteiger charge is 2.61. The maximum absolute atomic E-state index is 11.9. The van der Waals surface area contributed by atoms with Crippen LogP contribution in [0.15, 0.2) is 0 Å². The number of esters is 2. The van der Waals surface area contributed by atoms with E-state index in [9.17, 15) is 9.59 Å². The number of alkyl halides is 1. The third-order valence-corrected chi connectivity index (χ3v) is 6.39. The van der Waals surface area contributed by atoms with Crippen molar-refractivity contribution in [1.29, 1.82) is 0 Å². The van der Waals surface area contributed by atoms with E-state index in [1.165, 1.54) is 0 Å². The van der Waals surface area contributed by atoms with Crippen LogP contribution in [0.2, 0.25) is 0 Å². The fourth-order valence-corrected chi connectivity index (χ4v) is 4.26. The lowest BCUT2D eigenvalue weighted by Crippen LogP contribution is -2.41. The van der Waals surface area contributed by atoms with Crippen LogP contribution < -0.4 is 0 Å². The quantitative estimate of drug-likeness (QED) is 0.430. The molecule has 1 saturated heterocycles. The molecule has 4 nitrogen and oxygen atoms in total. The van der Waals surface area contributed by atoms with Crippen molar-refractivity contribution in [1.82, 2.24) is 0 Å². The number of carbonyl (C=O) groups is 2. The van der Waals surface area contributed by atoms with Gasteiger partial charge in [-0.2, -0.15) is 0 Å². The summed E-state index contributed by atoms with van der Waals surface area (Å²) in [5, 5.41) is 0. The van der Waals surface area contributed by atoms with Crippen molar-refractivity contribution >= 4 is 34.5 Å². The van der Waals surface area contributed by atoms with Crippen LogP contribution in [0.25, 0.3) is 0 Å². The number of carbonyl (C=O) groups excluding carboxylic acids is 2.